The number of aromatic nitrogens is 1. The molecule has 0 unspecified atom stereocenters. The summed E-state index contributed by atoms with van der Waals surface area (Å²) in [4.78, 5) is 28.6. The Morgan fingerprint density at radius 3 is 2.88 bits per heavy atom. The summed E-state index contributed by atoms with van der Waals surface area (Å²) >= 11 is 2.49. The topological polar surface area (TPSA) is 85.1 Å². The summed E-state index contributed by atoms with van der Waals surface area (Å²) in [5.74, 6) is -0.309. The van der Waals surface area contributed by atoms with E-state index in [1.807, 2.05) is 18.2 Å². The fourth-order valence-corrected chi connectivity index (χ4v) is 4.37. The summed E-state index contributed by atoms with van der Waals surface area (Å²) in [5, 5.41) is 14.0. The predicted octanol–water partition coefficient (Wildman–Crippen LogP) is 4.34. The maximum Gasteiger partial charge on any atom is 0.324 e. The van der Waals surface area contributed by atoms with Gasteiger partial charge in [-0.1, -0.05) is 35.6 Å². The number of hydrogen-bond donors (Lipinski definition) is 1. The van der Waals surface area contributed by atoms with Crippen LogP contribution in [0.3, 0.4) is 0 Å². The van der Waals surface area contributed by atoms with E-state index < -0.39 is 4.92 Å². The Bertz CT molecular complexity index is 1020. The van der Waals surface area contributed by atoms with Crippen LogP contribution >= 0.6 is 22.7 Å². The lowest BCUT2D eigenvalue weighted by molar-refractivity contribution is -0.380. The molecule has 6 nitrogen and oxygen atoms in total. The Balaban J connectivity index is 1.46. The van der Waals surface area contributed by atoms with Gasteiger partial charge in [0.15, 0.2) is 5.13 Å². The summed E-state index contributed by atoms with van der Waals surface area (Å²) in [6.07, 6.45) is 3.76. The molecule has 2 heterocycles. The van der Waals surface area contributed by atoms with Crippen LogP contribution in [0.1, 0.15) is 15.3 Å². The number of thiazole rings is 1. The van der Waals surface area contributed by atoms with Gasteiger partial charge in [0.25, 0.3) is 0 Å². The Morgan fingerprint density at radius 2 is 2.08 bits per heavy atom. The molecule has 1 amide bonds. The molecular formula is C17H11N3O3S2. The van der Waals surface area contributed by atoms with Gasteiger partial charge in [0.05, 0.1) is 10.6 Å². The van der Waals surface area contributed by atoms with E-state index in [4.69, 9.17) is 0 Å². The van der Waals surface area contributed by atoms with Crippen LogP contribution < -0.4 is 5.32 Å². The second-order valence-corrected chi connectivity index (χ2v) is 7.56. The summed E-state index contributed by atoms with van der Waals surface area (Å²) < 4.78 is 0. The van der Waals surface area contributed by atoms with Crippen molar-refractivity contribution in [1.29, 1.82) is 0 Å². The van der Waals surface area contributed by atoms with Gasteiger partial charge in [-0.2, -0.15) is 0 Å². The van der Waals surface area contributed by atoms with Crippen LogP contribution in [0, 0.1) is 10.1 Å². The first-order valence-electron chi connectivity index (χ1n) is 7.41. The minimum absolute atomic E-state index is 0.0510. The highest BCUT2D eigenvalue weighted by atomic mass is 32.1. The van der Waals surface area contributed by atoms with Crippen molar-refractivity contribution in [3.63, 3.8) is 0 Å². The standard InChI is InChI=1S/C17H11N3O3S2/c21-14(7-5-11-6-8-15(24-11)20(22)23)18-17-19-16-12-4-2-1-3-10(12)9-13(16)25-17/h1-8H,9H2,(H,18,19,21)/b7-5+. The molecule has 124 valence electrons. The Hall–Kier alpha value is -2.84. The number of amides is 1. The molecule has 0 radical (unpaired) electrons. The van der Waals surface area contributed by atoms with Crippen LogP contribution in [0.25, 0.3) is 17.3 Å². The monoisotopic (exact) mass is 369 g/mol. The van der Waals surface area contributed by atoms with Crippen molar-refractivity contribution >= 4 is 44.8 Å². The van der Waals surface area contributed by atoms with Gasteiger partial charge in [-0.25, -0.2) is 4.98 Å². The molecule has 4 rings (SSSR count). The van der Waals surface area contributed by atoms with Crippen molar-refractivity contribution in [2.75, 3.05) is 5.32 Å². The van der Waals surface area contributed by atoms with E-state index >= 15 is 0 Å². The lowest BCUT2D eigenvalue weighted by Crippen LogP contribution is -2.07. The van der Waals surface area contributed by atoms with Crippen LogP contribution in [-0.2, 0) is 11.2 Å². The molecule has 0 saturated carbocycles. The van der Waals surface area contributed by atoms with Crippen molar-refractivity contribution in [3.8, 4) is 11.3 Å². The third-order valence-corrected chi connectivity index (χ3v) is 5.72. The fourth-order valence-electron chi connectivity index (χ4n) is 2.65. The smallest absolute Gasteiger partial charge is 0.298 e. The van der Waals surface area contributed by atoms with Gasteiger partial charge in [-0.05, 0) is 17.7 Å². The number of benzene rings is 1. The maximum atomic E-state index is 12.0. The average Bonchev–Trinajstić information content (AvgIpc) is 3.27. The molecule has 1 aliphatic carbocycles. The fraction of sp³-hybridized carbons (Fsp3) is 0.0588. The first-order valence-corrected chi connectivity index (χ1v) is 9.05. The molecule has 25 heavy (non-hydrogen) atoms. The third kappa shape index (κ3) is 3.09. The SMILES string of the molecule is O=C(/C=C/c1ccc([N+](=O)[O-])s1)Nc1nc2c(s1)Cc1ccccc1-2. The van der Waals surface area contributed by atoms with Gasteiger partial charge < -0.3 is 0 Å². The van der Waals surface area contributed by atoms with Gasteiger partial charge >= 0.3 is 5.00 Å². The normalized spacial score (nSPS) is 12.2. The molecular weight excluding hydrogens is 358 g/mol. The zero-order valence-corrected chi connectivity index (χ0v) is 14.4. The van der Waals surface area contributed by atoms with E-state index in [2.05, 4.69) is 16.4 Å². The quantitative estimate of drug-likeness (QED) is 0.329. The van der Waals surface area contributed by atoms with Crippen LogP contribution in [-0.4, -0.2) is 15.8 Å². The van der Waals surface area contributed by atoms with Gasteiger partial charge in [-0.3, -0.25) is 20.2 Å². The first-order chi connectivity index (χ1) is 12.1. The molecule has 0 atom stereocenters. The highest BCUT2D eigenvalue weighted by molar-refractivity contribution is 7.16. The van der Waals surface area contributed by atoms with Crippen molar-refractivity contribution in [2.45, 2.75) is 6.42 Å². The molecule has 2 aromatic heterocycles. The third-order valence-electron chi connectivity index (χ3n) is 3.74. The molecule has 0 fully saturated rings. The van der Waals surface area contributed by atoms with E-state index in [-0.39, 0.29) is 10.9 Å². The number of thiophene rings is 1. The lowest BCUT2D eigenvalue weighted by Gasteiger charge is -1.99. The Morgan fingerprint density at radius 1 is 1.24 bits per heavy atom. The lowest BCUT2D eigenvalue weighted by atomic mass is 10.1. The molecule has 0 spiro atoms. The second-order valence-electron chi connectivity index (χ2n) is 5.38. The van der Waals surface area contributed by atoms with E-state index in [1.54, 1.807) is 12.1 Å². The molecule has 1 N–H and O–H groups in total. The minimum Gasteiger partial charge on any atom is -0.298 e. The van der Waals surface area contributed by atoms with E-state index in [9.17, 15) is 14.9 Å². The second kappa shape index (κ2) is 6.23. The van der Waals surface area contributed by atoms with E-state index in [1.165, 1.54) is 29.0 Å². The molecule has 0 aliphatic heterocycles. The molecule has 3 aromatic rings. The molecule has 1 aliphatic rings. The average molecular weight is 369 g/mol. The molecule has 8 heteroatoms. The number of nitrogens with one attached hydrogen (secondary N) is 1. The molecule has 0 bridgehead atoms. The van der Waals surface area contributed by atoms with Crippen molar-refractivity contribution in [1.82, 2.24) is 4.98 Å². The van der Waals surface area contributed by atoms with E-state index in [0.717, 1.165) is 33.9 Å². The number of hydrogen-bond acceptors (Lipinski definition) is 6. The summed E-state index contributed by atoms with van der Waals surface area (Å²) in [6.45, 7) is 0. The summed E-state index contributed by atoms with van der Waals surface area (Å²) in [7, 11) is 0. The van der Waals surface area contributed by atoms with Crippen LogP contribution in [0.2, 0.25) is 0 Å². The van der Waals surface area contributed by atoms with Gasteiger partial charge in [0.1, 0.15) is 0 Å². The largest absolute Gasteiger partial charge is 0.324 e. The maximum absolute atomic E-state index is 12.0. The van der Waals surface area contributed by atoms with E-state index in [0.29, 0.717) is 10.0 Å². The Kier molecular flexibility index (Phi) is 3.90. The number of carbonyl (C=O) groups excluding carboxylic acids is 1. The highest BCUT2D eigenvalue weighted by Crippen LogP contribution is 2.40. The number of fused-ring (bicyclic) bond motifs is 3. The first kappa shape index (κ1) is 15.7. The molecule has 0 saturated heterocycles. The van der Waals surface area contributed by atoms with Gasteiger partial charge in [0, 0.05) is 33.9 Å². The highest BCUT2D eigenvalue weighted by Gasteiger charge is 2.23. The molecule has 1 aromatic carbocycles. The number of nitrogens with zero attached hydrogens (tertiary/aromatic N) is 2. The van der Waals surface area contributed by atoms with Crippen molar-refractivity contribution in [3.05, 3.63) is 67.9 Å². The van der Waals surface area contributed by atoms with Crippen LogP contribution in [0.4, 0.5) is 10.1 Å². The van der Waals surface area contributed by atoms with Crippen LogP contribution in [0.5, 0.6) is 0 Å². The van der Waals surface area contributed by atoms with Crippen molar-refractivity contribution in [2.24, 2.45) is 0 Å². The van der Waals surface area contributed by atoms with Gasteiger partial charge in [0.2, 0.25) is 5.91 Å². The minimum atomic E-state index is -0.447. The zero-order valence-electron chi connectivity index (χ0n) is 12.8. The number of nitro groups is 1. The summed E-state index contributed by atoms with van der Waals surface area (Å²) in [6, 6.07) is 11.2. The number of anilines is 1. The van der Waals surface area contributed by atoms with Gasteiger partial charge in [-0.15, -0.1) is 11.3 Å². The zero-order chi connectivity index (χ0) is 17.4. The number of carbonyl (C=O) groups is 1. The summed E-state index contributed by atoms with van der Waals surface area (Å²) in [5.41, 5.74) is 3.32. The van der Waals surface area contributed by atoms with Crippen LogP contribution in [0.15, 0.2) is 42.5 Å². The predicted molar refractivity (Wildman–Crippen MR) is 99.0 cm³/mol. The number of rotatable bonds is 4. The van der Waals surface area contributed by atoms with Crippen molar-refractivity contribution < 1.29 is 9.72 Å². The Labute approximate surface area is 150 Å².